The quantitative estimate of drug-likeness (QED) is 0.0793. The van der Waals surface area contributed by atoms with Crippen LogP contribution in [0.5, 0.6) is 0 Å². The van der Waals surface area contributed by atoms with Gasteiger partial charge in [0.2, 0.25) is 5.60 Å². The molecule has 0 saturated carbocycles. The summed E-state index contributed by atoms with van der Waals surface area (Å²) in [5, 5.41) is 27.1. The van der Waals surface area contributed by atoms with Crippen LogP contribution in [0.4, 0.5) is 0 Å². The number of carbonyl (C=O) groups is 6. The van der Waals surface area contributed by atoms with Gasteiger partial charge in [0.15, 0.2) is 0 Å². The Hall–Kier alpha value is -3.52. The van der Waals surface area contributed by atoms with Crippen LogP contribution in [0.2, 0.25) is 0 Å². The van der Waals surface area contributed by atoms with E-state index in [0.717, 1.165) is 0 Å². The SMILES string of the molecule is O=COCC(COC=O)(COCC=CCOCC(CC(=O)O)(CC(=O)O)C(=O)O)OC=O. The molecule has 0 spiro atoms. The largest absolute Gasteiger partial charge is 0.481 e. The maximum absolute atomic E-state index is 11.4. The fourth-order valence-electron chi connectivity index (χ4n) is 2.43. The number of carboxylic acids is 3. The van der Waals surface area contributed by atoms with E-state index in [4.69, 9.17) is 24.4 Å². The third-order valence-corrected chi connectivity index (χ3v) is 3.90. The zero-order chi connectivity index (χ0) is 24.5. The van der Waals surface area contributed by atoms with Gasteiger partial charge in [-0.2, -0.15) is 0 Å². The van der Waals surface area contributed by atoms with Gasteiger partial charge in [0.05, 0.1) is 39.3 Å². The van der Waals surface area contributed by atoms with E-state index in [1.54, 1.807) is 0 Å². The van der Waals surface area contributed by atoms with Crippen LogP contribution < -0.4 is 0 Å². The van der Waals surface area contributed by atoms with Gasteiger partial charge in [-0.15, -0.1) is 0 Å². The van der Waals surface area contributed by atoms with Crippen LogP contribution in [0.15, 0.2) is 12.2 Å². The Kier molecular flexibility index (Phi) is 13.6. The molecule has 14 heteroatoms. The summed E-state index contributed by atoms with van der Waals surface area (Å²) in [6, 6.07) is 0. The lowest BCUT2D eigenvalue weighted by molar-refractivity contribution is -0.176. The molecule has 0 radical (unpaired) electrons. The third-order valence-electron chi connectivity index (χ3n) is 3.90. The number of carbonyl (C=O) groups excluding carboxylic acids is 3. The minimum absolute atomic E-state index is 0.0678. The second kappa shape index (κ2) is 15.3. The van der Waals surface area contributed by atoms with Crippen molar-refractivity contribution in [3.05, 3.63) is 12.2 Å². The lowest BCUT2D eigenvalue weighted by Gasteiger charge is -2.29. The van der Waals surface area contributed by atoms with Crippen molar-refractivity contribution in [1.29, 1.82) is 0 Å². The summed E-state index contributed by atoms with van der Waals surface area (Å²) in [6.07, 6.45) is 0.932. The molecule has 0 aliphatic heterocycles. The van der Waals surface area contributed by atoms with Crippen molar-refractivity contribution in [1.82, 2.24) is 0 Å². The number of rotatable bonds is 21. The van der Waals surface area contributed by atoms with E-state index >= 15 is 0 Å². The molecule has 0 aliphatic carbocycles. The first-order valence-electron chi connectivity index (χ1n) is 8.86. The number of hydrogen-bond acceptors (Lipinski definition) is 11. The van der Waals surface area contributed by atoms with E-state index in [1.165, 1.54) is 12.2 Å². The zero-order valence-corrected chi connectivity index (χ0v) is 16.9. The van der Waals surface area contributed by atoms with Crippen molar-refractivity contribution in [2.24, 2.45) is 5.41 Å². The maximum Gasteiger partial charge on any atom is 0.313 e. The van der Waals surface area contributed by atoms with Crippen molar-refractivity contribution in [2.75, 3.05) is 39.6 Å². The van der Waals surface area contributed by atoms with Crippen molar-refractivity contribution >= 4 is 37.3 Å². The molecule has 0 aliphatic rings. The first-order chi connectivity index (χ1) is 15.2. The van der Waals surface area contributed by atoms with E-state index in [-0.39, 0.29) is 39.2 Å². The Bertz CT molecular complexity index is 643. The summed E-state index contributed by atoms with van der Waals surface area (Å²) in [4.78, 5) is 64.8. The first-order valence-corrected chi connectivity index (χ1v) is 8.86. The Labute approximate surface area is 181 Å². The second-order valence-electron chi connectivity index (χ2n) is 6.44. The van der Waals surface area contributed by atoms with Gasteiger partial charge in [0.1, 0.15) is 18.6 Å². The minimum atomic E-state index is -2.13. The fourth-order valence-corrected chi connectivity index (χ4v) is 2.43. The van der Waals surface area contributed by atoms with E-state index in [2.05, 4.69) is 9.47 Å². The summed E-state index contributed by atoms with van der Waals surface area (Å²) in [5.74, 6) is -4.59. The van der Waals surface area contributed by atoms with E-state index < -0.39 is 61.6 Å². The molecule has 0 fully saturated rings. The van der Waals surface area contributed by atoms with Crippen molar-refractivity contribution in [3.8, 4) is 0 Å². The van der Waals surface area contributed by atoms with Crippen LogP contribution in [0.1, 0.15) is 12.8 Å². The Morgan fingerprint density at radius 1 is 0.688 bits per heavy atom. The van der Waals surface area contributed by atoms with Crippen molar-refractivity contribution in [3.63, 3.8) is 0 Å². The molecule has 32 heavy (non-hydrogen) atoms. The number of ether oxygens (including phenoxy) is 5. The number of hydrogen-bond donors (Lipinski definition) is 3. The predicted octanol–water partition coefficient (Wildman–Crippen LogP) is -1.15. The van der Waals surface area contributed by atoms with Gasteiger partial charge in [0.25, 0.3) is 19.4 Å². The Morgan fingerprint density at radius 3 is 1.53 bits per heavy atom. The molecule has 180 valence electrons. The van der Waals surface area contributed by atoms with Gasteiger partial charge in [-0.05, 0) is 0 Å². The van der Waals surface area contributed by atoms with Crippen LogP contribution in [0, 0.1) is 5.41 Å². The average molecular weight is 464 g/mol. The third kappa shape index (κ3) is 11.0. The molecule has 0 aromatic heterocycles. The standard InChI is InChI=1S/C18H24O14/c19-11-30-9-18(32-13-21,10-31-12-20)8-29-4-2-1-3-28-7-17(16(26)27,5-14(22)23)6-15(24)25/h1-2,11-13H,3-10H2,(H,22,23)(H,24,25)(H,26,27). The molecule has 0 heterocycles. The van der Waals surface area contributed by atoms with Gasteiger partial charge in [-0.3, -0.25) is 28.8 Å². The molecule has 0 saturated heterocycles. The van der Waals surface area contributed by atoms with Gasteiger partial charge in [0, 0.05) is 0 Å². The van der Waals surface area contributed by atoms with Gasteiger partial charge < -0.3 is 39.0 Å². The highest BCUT2D eigenvalue weighted by atomic mass is 16.6. The van der Waals surface area contributed by atoms with Crippen molar-refractivity contribution < 1.29 is 67.8 Å². The highest BCUT2D eigenvalue weighted by Gasteiger charge is 2.43. The minimum Gasteiger partial charge on any atom is -0.481 e. The van der Waals surface area contributed by atoms with Gasteiger partial charge in [-0.1, -0.05) is 12.2 Å². The van der Waals surface area contributed by atoms with Gasteiger partial charge >= 0.3 is 17.9 Å². The molecular weight excluding hydrogens is 440 g/mol. The van der Waals surface area contributed by atoms with Crippen LogP contribution in [0.25, 0.3) is 0 Å². The summed E-state index contributed by atoms with van der Waals surface area (Å²) < 4.78 is 24.3. The predicted molar refractivity (Wildman–Crippen MR) is 99.3 cm³/mol. The summed E-state index contributed by atoms with van der Waals surface area (Å²) >= 11 is 0. The van der Waals surface area contributed by atoms with Crippen molar-refractivity contribution in [2.45, 2.75) is 18.4 Å². The average Bonchev–Trinajstić information content (AvgIpc) is 2.71. The molecule has 0 unspecified atom stereocenters. The lowest BCUT2D eigenvalue weighted by atomic mass is 9.82. The maximum atomic E-state index is 11.4. The lowest BCUT2D eigenvalue weighted by Crippen LogP contribution is -2.47. The first kappa shape index (κ1) is 28.5. The number of carboxylic acid groups (broad SMARTS) is 3. The van der Waals surface area contributed by atoms with E-state index in [1.807, 2.05) is 0 Å². The van der Waals surface area contributed by atoms with Crippen LogP contribution in [0.3, 0.4) is 0 Å². The highest BCUT2D eigenvalue weighted by Crippen LogP contribution is 2.28. The van der Waals surface area contributed by atoms with Gasteiger partial charge in [-0.25, -0.2) is 0 Å². The monoisotopic (exact) mass is 464 g/mol. The van der Waals surface area contributed by atoms with Crippen LogP contribution in [-0.2, 0) is 52.5 Å². The number of aliphatic carboxylic acids is 3. The molecule has 0 bridgehead atoms. The molecule has 3 N–H and O–H groups in total. The molecule has 0 rings (SSSR count). The molecule has 0 aromatic carbocycles. The second-order valence-corrected chi connectivity index (χ2v) is 6.44. The Balaban J connectivity index is 4.73. The Morgan fingerprint density at radius 2 is 1.16 bits per heavy atom. The zero-order valence-electron chi connectivity index (χ0n) is 16.9. The topological polar surface area (TPSA) is 209 Å². The summed E-state index contributed by atoms with van der Waals surface area (Å²) in [5.41, 5.74) is -3.70. The normalized spacial score (nSPS) is 11.5. The van der Waals surface area contributed by atoms with E-state index in [9.17, 15) is 33.9 Å². The molecular formula is C18H24O14. The summed E-state index contributed by atoms with van der Waals surface area (Å²) in [7, 11) is 0. The van der Waals surface area contributed by atoms with E-state index in [0.29, 0.717) is 0 Å². The van der Waals surface area contributed by atoms with Crippen LogP contribution in [-0.4, -0.2) is 97.9 Å². The van der Waals surface area contributed by atoms with Crippen LogP contribution >= 0.6 is 0 Å². The molecule has 0 aromatic rings. The summed E-state index contributed by atoms with van der Waals surface area (Å²) in [6.45, 7) is -1.86. The fraction of sp³-hybridized carbons (Fsp3) is 0.556. The smallest absolute Gasteiger partial charge is 0.313 e. The molecule has 0 amide bonds. The molecule has 0 atom stereocenters. The molecule has 14 nitrogen and oxygen atoms in total. The highest BCUT2D eigenvalue weighted by molar-refractivity contribution is 5.86.